The lowest BCUT2D eigenvalue weighted by molar-refractivity contribution is 0.386. The van der Waals surface area contributed by atoms with E-state index in [0.29, 0.717) is 29.5 Å². The van der Waals surface area contributed by atoms with E-state index < -0.39 is 0 Å². The van der Waals surface area contributed by atoms with Gasteiger partial charge < -0.3 is 4.52 Å². The van der Waals surface area contributed by atoms with Crippen molar-refractivity contribution in [2.24, 2.45) is 0 Å². The Morgan fingerprint density at radius 2 is 2.10 bits per heavy atom. The average molecular weight is 287 g/mol. The lowest BCUT2D eigenvalue weighted by atomic mass is 10.2. The third-order valence-corrected chi connectivity index (χ3v) is 3.23. The summed E-state index contributed by atoms with van der Waals surface area (Å²) in [4.78, 5) is 4.19. The van der Waals surface area contributed by atoms with E-state index in [1.54, 1.807) is 6.92 Å². The minimum absolute atomic E-state index is 0.569. The smallest absolute Gasteiger partial charge is 0.223 e. The molecule has 1 N–H and O–H groups in total. The highest BCUT2D eigenvalue weighted by Crippen LogP contribution is 2.16. The van der Waals surface area contributed by atoms with Crippen LogP contribution in [0.25, 0.3) is 11.4 Å². The summed E-state index contributed by atoms with van der Waals surface area (Å²) in [5.74, 6) is 2.06. The number of hydrogen-bond acceptors (Lipinski definition) is 5. The van der Waals surface area contributed by atoms with Gasteiger partial charge >= 0.3 is 0 Å². The van der Waals surface area contributed by atoms with Gasteiger partial charge in [0, 0.05) is 25.5 Å². The molecule has 0 aliphatic carbocycles. The maximum absolute atomic E-state index is 5.27. The maximum Gasteiger partial charge on any atom is 0.223 e. The van der Waals surface area contributed by atoms with Gasteiger partial charge in [-0.3, -0.25) is 9.67 Å². The average Bonchev–Trinajstić information content (AvgIpc) is 3.04. The van der Waals surface area contributed by atoms with Crippen molar-refractivity contribution < 1.29 is 4.52 Å². The van der Waals surface area contributed by atoms with Gasteiger partial charge in [-0.05, 0) is 12.2 Å². The summed E-state index contributed by atoms with van der Waals surface area (Å²) in [5, 5.41) is 11.0. The van der Waals surface area contributed by atoms with Gasteiger partial charge in [0.2, 0.25) is 5.89 Å². The van der Waals surface area contributed by atoms with Crippen molar-refractivity contribution in [2.45, 2.75) is 19.9 Å². The molecular formula is C13H13N5OS. The van der Waals surface area contributed by atoms with Gasteiger partial charge in [0.1, 0.15) is 0 Å². The molecular weight excluding hydrogens is 274 g/mol. The van der Waals surface area contributed by atoms with Crippen LogP contribution in [0.1, 0.15) is 11.7 Å². The summed E-state index contributed by atoms with van der Waals surface area (Å²) in [6, 6.07) is 9.91. The Balaban J connectivity index is 1.86. The Morgan fingerprint density at radius 3 is 2.80 bits per heavy atom. The largest absolute Gasteiger partial charge is 0.340 e. The third kappa shape index (κ3) is 2.53. The highest BCUT2D eigenvalue weighted by Gasteiger charge is 2.10. The van der Waals surface area contributed by atoms with Gasteiger partial charge in [-0.25, -0.2) is 0 Å². The molecule has 7 heteroatoms. The van der Waals surface area contributed by atoms with Crippen LogP contribution in [0.3, 0.4) is 0 Å². The Kier molecular flexibility index (Phi) is 3.42. The minimum atomic E-state index is 0.569. The standard InChI is InChI=1S/C13H13N5OS/c1-9-14-11(17-19-9)7-8-18-12(15-16-13(18)20)10-5-3-2-4-6-10/h2-6H,7-8H2,1H3,(H,16,20). The van der Waals surface area contributed by atoms with Crippen LogP contribution in [0, 0.1) is 11.7 Å². The lowest BCUT2D eigenvalue weighted by Crippen LogP contribution is -2.05. The van der Waals surface area contributed by atoms with Crippen LogP contribution < -0.4 is 0 Å². The van der Waals surface area contributed by atoms with E-state index in [0.717, 1.165) is 11.4 Å². The van der Waals surface area contributed by atoms with Crippen molar-refractivity contribution in [1.82, 2.24) is 24.9 Å². The van der Waals surface area contributed by atoms with Crippen molar-refractivity contribution in [1.29, 1.82) is 0 Å². The van der Waals surface area contributed by atoms with Crippen LogP contribution in [0.4, 0.5) is 0 Å². The zero-order valence-corrected chi connectivity index (χ0v) is 11.7. The second-order valence-corrected chi connectivity index (χ2v) is 4.74. The van der Waals surface area contributed by atoms with Gasteiger partial charge in [0.05, 0.1) is 0 Å². The van der Waals surface area contributed by atoms with Gasteiger partial charge in [0.15, 0.2) is 16.4 Å². The molecule has 0 saturated heterocycles. The van der Waals surface area contributed by atoms with Gasteiger partial charge in [-0.2, -0.15) is 10.1 Å². The molecule has 3 rings (SSSR count). The van der Waals surface area contributed by atoms with Crippen LogP contribution in [0.15, 0.2) is 34.9 Å². The minimum Gasteiger partial charge on any atom is -0.340 e. The molecule has 0 aliphatic heterocycles. The van der Waals surface area contributed by atoms with Crippen molar-refractivity contribution in [3.63, 3.8) is 0 Å². The Hall–Kier alpha value is -2.28. The highest BCUT2D eigenvalue weighted by molar-refractivity contribution is 7.71. The number of aromatic nitrogens is 5. The molecule has 0 atom stereocenters. The van der Waals surface area contributed by atoms with Crippen LogP contribution in [0.2, 0.25) is 0 Å². The number of aromatic amines is 1. The van der Waals surface area contributed by atoms with Gasteiger partial charge in [-0.1, -0.05) is 35.5 Å². The fraction of sp³-hybridized carbons (Fsp3) is 0.231. The molecule has 0 aliphatic rings. The molecule has 0 amide bonds. The van der Waals surface area contributed by atoms with E-state index in [9.17, 15) is 0 Å². The van der Waals surface area contributed by atoms with E-state index in [-0.39, 0.29) is 0 Å². The topological polar surface area (TPSA) is 72.5 Å². The van der Waals surface area contributed by atoms with Crippen LogP contribution in [-0.2, 0) is 13.0 Å². The molecule has 3 aromatic rings. The first-order chi connectivity index (χ1) is 9.74. The van der Waals surface area contributed by atoms with Crippen LogP contribution in [0.5, 0.6) is 0 Å². The number of benzene rings is 1. The first-order valence-corrected chi connectivity index (χ1v) is 6.64. The summed E-state index contributed by atoms with van der Waals surface area (Å²) in [6.45, 7) is 2.42. The Morgan fingerprint density at radius 1 is 1.30 bits per heavy atom. The first kappa shape index (κ1) is 12.7. The van der Waals surface area contributed by atoms with E-state index in [2.05, 4.69) is 20.3 Å². The van der Waals surface area contributed by atoms with E-state index >= 15 is 0 Å². The van der Waals surface area contributed by atoms with Crippen molar-refractivity contribution in [3.05, 3.63) is 46.8 Å². The molecule has 2 aromatic heterocycles. The summed E-state index contributed by atoms with van der Waals surface area (Å²) in [5.41, 5.74) is 1.02. The predicted octanol–water partition coefficient (Wildman–Crippen LogP) is 2.54. The zero-order valence-electron chi connectivity index (χ0n) is 10.9. The van der Waals surface area contributed by atoms with Crippen molar-refractivity contribution >= 4 is 12.2 Å². The summed E-state index contributed by atoms with van der Waals surface area (Å²) in [7, 11) is 0. The van der Waals surface area contributed by atoms with E-state index in [4.69, 9.17) is 16.7 Å². The fourth-order valence-corrected chi connectivity index (χ4v) is 2.21. The third-order valence-electron chi connectivity index (χ3n) is 2.92. The molecule has 6 nitrogen and oxygen atoms in total. The number of aryl methyl sites for hydroxylation is 2. The number of hydrogen-bond donors (Lipinski definition) is 1. The SMILES string of the molecule is Cc1nc(CCn2c(-c3ccccc3)n[nH]c2=S)no1. The van der Waals surface area contributed by atoms with Crippen molar-refractivity contribution in [3.8, 4) is 11.4 Å². The lowest BCUT2D eigenvalue weighted by Gasteiger charge is -2.04. The molecule has 2 heterocycles. The molecule has 0 unspecified atom stereocenters. The number of nitrogens with one attached hydrogen (secondary N) is 1. The van der Waals surface area contributed by atoms with Crippen LogP contribution >= 0.6 is 12.2 Å². The predicted molar refractivity (Wildman–Crippen MR) is 75.6 cm³/mol. The summed E-state index contributed by atoms with van der Waals surface area (Å²) >= 11 is 5.27. The molecule has 20 heavy (non-hydrogen) atoms. The number of H-pyrrole nitrogens is 1. The summed E-state index contributed by atoms with van der Waals surface area (Å²) in [6.07, 6.45) is 0.644. The second kappa shape index (κ2) is 5.38. The number of nitrogens with zero attached hydrogens (tertiary/aromatic N) is 4. The van der Waals surface area contributed by atoms with Gasteiger partial charge in [0.25, 0.3) is 0 Å². The van der Waals surface area contributed by atoms with E-state index in [1.165, 1.54) is 0 Å². The van der Waals surface area contributed by atoms with Gasteiger partial charge in [-0.15, -0.1) is 0 Å². The normalized spacial score (nSPS) is 10.8. The quantitative estimate of drug-likeness (QED) is 0.746. The molecule has 1 aromatic carbocycles. The molecule has 0 saturated carbocycles. The second-order valence-electron chi connectivity index (χ2n) is 4.35. The molecule has 0 radical (unpaired) electrons. The Bertz CT molecular complexity index is 758. The molecule has 102 valence electrons. The summed E-state index contributed by atoms with van der Waals surface area (Å²) < 4.78 is 7.49. The number of rotatable bonds is 4. The van der Waals surface area contributed by atoms with Crippen molar-refractivity contribution in [2.75, 3.05) is 0 Å². The fourth-order valence-electron chi connectivity index (χ4n) is 1.99. The Labute approximate surface area is 120 Å². The van der Waals surface area contributed by atoms with E-state index in [1.807, 2.05) is 34.9 Å². The molecule has 0 fully saturated rings. The molecule has 0 spiro atoms. The zero-order chi connectivity index (χ0) is 13.9. The monoisotopic (exact) mass is 287 g/mol. The highest BCUT2D eigenvalue weighted by atomic mass is 32.1. The maximum atomic E-state index is 5.27. The van der Waals surface area contributed by atoms with Crippen LogP contribution in [-0.4, -0.2) is 24.9 Å². The first-order valence-electron chi connectivity index (χ1n) is 6.24. The molecule has 0 bridgehead atoms.